The zero-order valence-corrected chi connectivity index (χ0v) is 29.1. The second-order valence-electron chi connectivity index (χ2n) is 10.8. The molecule has 0 aliphatic carbocycles. The fourth-order valence-corrected chi connectivity index (χ4v) is 9.78. The number of aryl methyl sites for hydroxylation is 3. The summed E-state index contributed by atoms with van der Waals surface area (Å²) in [5.74, 6) is 0.579. The molecule has 1 unspecified atom stereocenters. The van der Waals surface area contributed by atoms with Gasteiger partial charge in [0.05, 0.1) is 14.2 Å². The third kappa shape index (κ3) is 7.24. The van der Waals surface area contributed by atoms with Crippen LogP contribution in [0.15, 0.2) is 121 Å². The first-order valence-corrected chi connectivity index (χ1v) is 18.2. The summed E-state index contributed by atoms with van der Waals surface area (Å²) in [6.07, 6.45) is 0. The van der Waals surface area contributed by atoms with Gasteiger partial charge in [-0.05, 0) is 56.2 Å². The lowest BCUT2D eigenvalue weighted by Crippen LogP contribution is -2.23. The molecule has 242 valence electrons. The standard InChI is InChI=1S/C22H21O2P.C16H17O5P/c1-16-14-17(2)21(18(3)15-16)22(23)25(24,19-10-6-4-7-11-19)20-12-8-5-9-13-20;1-19-13-10-7-11-14(20-2)15(13)16(17)22(18,21-3)12-8-5-4-6-9-12/h4-15H,1-3H3;4-11H,1-3H3. The summed E-state index contributed by atoms with van der Waals surface area (Å²) in [6.45, 7) is 5.82. The zero-order chi connectivity index (χ0) is 34.2. The molecule has 0 aliphatic heterocycles. The van der Waals surface area contributed by atoms with Crippen LogP contribution in [0.1, 0.15) is 37.4 Å². The van der Waals surface area contributed by atoms with Crippen LogP contribution >= 0.6 is 14.5 Å². The fourth-order valence-electron chi connectivity index (χ4n) is 5.47. The molecule has 5 rings (SSSR count). The summed E-state index contributed by atoms with van der Waals surface area (Å²) < 4.78 is 42.8. The van der Waals surface area contributed by atoms with Crippen molar-refractivity contribution in [3.63, 3.8) is 0 Å². The van der Waals surface area contributed by atoms with E-state index in [9.17, 15) is 18.7 Å². The molecule has 0 radical (unpaired) electrons. The molecule has 47 heavy (non-hydrogen) atoms. The quantitative estimate of drug-likeness (QED) is 0.140. The minimum absolute atomic E-state index is 0.113. The van der Waals surface area contributed by atoms with Crippen molar-refractivity contribution in [2.45, 2.75) is 20.8 Å². The van der Waals surface area contributed by atoms with E-state index in [1.807, 2.05) is 69.3 Å². The number of carbonyl (C=O) groups excluding carboxylic acids is 2. The van der Waals surface area contributed by atoms with Crippen LogP contribution in [-0.2, 0) is 13.7 Å². The van der Waals surface area contributed by atoms with Gasteiger partial charge in [-0.2, -0.15) is 0 Å². The van der Waals surface area contributed by atoms with E-state index >= 15 is 0 Å². The molecule has 0 bridgehead atoms. The van der Waals surface area contributed by atoms with Gasteiger partial charge in [-0.15, -0.1) is 0 Å². The summed E-state index contributed by atoms with van der Waals surface area (Å²) in [7, 11) is -3.06. The van der Waals surface area contributed by atoms with Crippen LogP contribution in [-0.4, -0.2) is 32.4 Å². The van der Waals surface area contributed by atoms with Gasteiger partial charge in [-0.25, -0.2) is 0 Å². The maximum atomic E-state index is 14.2. The first-order chi connectivity index (χ1) is 22.5. The van der Waals surface area contributed by atoms with E-state index in [1.54, 1.807) is 72.8 Å². The molecular formula is C38H38O7P2. The molecule has 9 heteroatoms. The molecule has 7 nitrogen and oxygen atoms in total. The van der Waals surface area contributed by atoms with Crippen molar-refractivity contribution >= 4 is 41.5 Å². The Balaban J connectivity index is 0.000000215. The summed E-state index contributed by atoms with van der Waals surface area (Å²) >= 11 is 0. The lowest BCUT2D eigenvalue weighted by molar-refractivity contribution is 0.105. The molecule has 0 heterocycles. The SMILES string of the molecule is COc1cccc(OC)c1C(=O)P(=O)(OC)c1ccccc1.Cc1cc(C)c(C(=O)P(=O)(c2ccccc2)c2ccccc2)c(C)c1. The van der Waals surface area contributed by atoms with E-state index in [4.69, 9.17) is 14.0 Å². The first kappa shape index (κ1) is 35.3. The van der Waals surface area contributed by atoms with Gasteiger partial charge in [0.15, 0.2) is 0 Å². The third-order valence-corrected chi connectivity index (χ3v) is 12.8. The van der Waals surface area contributed by atoms with Crippen LogP contribution < -0.4 is 25.4 Å². The number of hydrogen-bond donors (Lipinski definition) is 0. The molecule has 0 N–H and O–H groups in total. The number of ether oxygens (including phenoxy) is 2. The van der Waals surface area contributed by atoms with Crippen LogP contribution in [0.25, 0.3) is 0 Å². The maximum Gasteiger partial charge on any atom is 0.300 e. The molecule has 5 aromatic carbocycles. The predicted octanol–water partition coefficient (Wildman–Crippen LogP) is 7.86. The second kappa shape index (κ2) is 15.4. The molecule has 1 atom stereocenters. The fraction of sp³-hybridized carbons (Fsp3) is 0.158. The average Bonchev–Trinajstić information content (AvgIpc) is 3.11. The van der Waals surface area contributed by atoms with E-state index in [1.165, 1.54) is 21.3 Å². The maximum absolute atomic E-state index is 14.2. The molecule has 0 aliphatic rings. The lowest BCUT2D eigenvalue weighted by atomic mass is 10.0. The van der Waals surface area contributed by atoms with Gasteiger partial charge < -0.3 is 18.6 Å². The Hall–Kier alpha value is -4.54. The highest BCUT2D eigenvalue weighted by Gasteiger charge is 2.39. The van der Waals surface area contributed by atoms with Crippen molar-refractivity contribution in [2.24, 2.45) is 0 Å². The molecule has 5 aromatic rings. The Morgan fingerprint density at radius 1 is 0.511 bits per heavy atom. The van der Waals surface area contributed by atoms with Gasteiger partial charge in [0, 0.05) is 28.6 Å². The molecule has 0 amide bonds. The van der Waals surface area contributed by atoms with Crippen molar-refractivity contribution in [1.29, 1.82) is 0 Å². The van der Waals surface area contributed by atoms with Crippen LogP contribution in [0.4, 0.5) is 0 Å². The number of rotatable bonds is 10. The number of methoxy groups -OCH3 is 2. The Labute approximate surface area is 276 Å². The van der Waals surface area contributed by atoms with Crippen molar-refractivity contribution in [2.75, 3.05) is 21.3 Å². The Morgan fingerprint density at radius 2 is 0.915 bits per heavy atom. The monoisotopic (exact) mass is 668 g/mol. The van der Waals surface area contributed by atoms with Gasteiger partial charge >= 0.3 is 7.37 Å². The molecule has 0 fully saturated rings. The molecule has 0 saturated heterocycles. The van der Waals surface area contributed by atoms with Crippen molar-refractivity contribution in [1.82, 2.24) is 0 Å². The first-order valence-electron chi connectivity index (χ1n) is 14.8. The summed E-state index contributed by atoms with van der Waals surface area (Å²) in [6, 6.07) is 35.4. The lowest BCUT2D eigenvalue weighted by Gasteiger charge is -2.20. The molecule has 0 saturated carbocycles. The molecule has 0 spiro atoms. The normalized spacial score (nSPS) is 12.2. The van der Waals surface area contributed by atoms with Crippen LogP contribution in [0.2, 0.25) is 0 Å². The number of hydrogen-bond acceptors (Lipinski definition) is 7. The smallest absolute Gasteiger partial charge is 0.300 e. The van der Waals surface area contributed by atoms with E-state index in [-0.39, 0.29) is 22.6 Å². The van der Waals surface area contributed by atoms with Crippen molar-refractivity contribution in [3.8, 4) is 11.5 Å². The summed E-state index contributed by atoms with van der Waals surface area (Å²) in [4.78, 5) is 26.5. The highest BCUT2D eigenvalue weighted by molar-refractivity contribution is 7.93. The van der Waals surface area contributed by atoms with Crippen LogP contribution in [0.3, 0.4) is 0 Å². The van der Waals surface area contributed by atoms with Crippen LogP contribution in [0, 0.1) is 20.8 Å². The minimum atomic E-state index is -3.74. The highest BCUT2D eigenvalue weighted by atomic mass is 31.2. The predicted molar refractivity (Wildman–Crippen MR) is 189 cm³/mol. The molecular weight excluding hydrogens is 630 g/mol. The topological polar surface area (TPSA) is 96.0 Å². The van der Waals surface area contributed by atoms with E-state index in [0.29, 0.717) is 21.5 Å². The Morgan fingerprint density at radius 3 is 1.30 bits per heavy atom. The number of benzene rings is 5. The Kier molecular flexibility index (Phi) is 11.5. The van der Waals surface area contributed by atoms with Gasteiger partial charge in [-0.3, -0.25) is 14.2 Å². The third-order valence-electron chi connectivity index (χ3n) is 7.68. The van der Waals surface area contributed by atoms with Gasteiger partial charge in [0.2, 0.25) is 12.7 Å². The average molecular weight is 669 g/mol. The van der Waals surface area contributed by atoms with Gasteiger partial charge in [0.25, 0.3) is 5.52 Å². The van der Waals surface area contributed by atoms with Crippen molar-refractivity contribution in [3.05, 3.63) is 149 Å². The van der Waals surface area contributed by atoms with Gasteiger partial charge in [-0.1, -0.05) is 103 Å². The zero-order valence-electron chi connectivity index (χ0n) is 27.3. The molecule has 0 aromatic heterocycles. The van der Waals surface area contributed by atoms with Crippen LogP contribution in [0.5, 0.6) is 11.5 Å². The minimum Gasteiger partial charge on any atom is -0.496 e. The largest absolute Gasteiger partial charge is 0.496 e. The summed E-state index contributed by atoms with van der Waals surface area (Å²) in [5.41, 5.74) is 2.57. The summed E-state index contributed by atoms with van der Waals surface area (Å²) in [5, 5.41) is 1.48. The van der Waals surface area contributed by atoms with E-state index < -0.39 is 20.0 Å². The van der Waals surface area contributed by atoms with E-state index in [0.717, 1.165) is 16.7 Å². The number of carbonyl (C=O) groups is 2. The second-order valence-corrected chi connectivity index (χ2v) is 15.8. The highest BCUT2D eigenvalue weighted by Crippen LogP contribution is 2.51. The van der Waals surface area contributed by atoms with Gasteiger partial charge in [0.1, 0.15) is 17.1 Å². The van der Waals surface area contributed by atoms with E-state index in [2.05, 4.69) is 0 Å². The Bertz CT molecular complexity index is 1870. The van der Waals surface area contributed by atoms with Crippen molar-refractivity contribution < 1.29 is 32.7 Å².